The average molecular weight is 783 g/mol. The number of aliphatic hydroxyl groups is 1. The van der Waals surface area contributed by atoms with Gasteiger partial charge in [0, 0.05) is 12.8 Å². The van der Waals surface area contributed by atoms with Crippen molar-refractivity contribution < 1.29 is 34.1 Å². The van der Waals surface area contributed by atoms with Crippen LogP contribution in [0.2, 0.25) is 0 Å². The number of carbonyl (C=O) groups excluding carboxylic acids is 3. The molecule has 2 amide bonds. The van der Waals surface area contributed by atoms with Crippen LogP contribution in [0.1, 0.15) is 174 Å². The van der Waals surface area contributed by atoms with Gasteiger partial charge in [0.05, 0.1) is 13.2 Å². The lowest BCUT2D eigenvalue weighted by molar-refractivity contribution is -0.147. The highest BCUT2D eigenvalue weighted by Crippen LogP contribution is 2.15. The van der Waals surface area contributed by atoms with Crippen molar-refractivity contribution in [2.45, 2.75) is 187 Å². The highest BCUT2D eigenvalue weighted by atomic mass is 16.5. The van der Waals surface area contributed by atoms with Crippen molar-refractivity contribution in [2.24, 2.45) is 0 Å². The molecule has 0 heterocycles. The smallest absolute Gasteiger partial charge is 0.328 e. The van der Waals surface area contributed by atoms with Crippen molar-refractivity contribution in [1.82, 2.24) is 10.6 Å². The molecular weight excluding hydrogens is 705 g/mol. The second-order valence-corrected chi connectivity index (χ2v) is 14.4. The van der Waals surface area contributed by atoms with Crippen LogP contribution in [0.15, 0.2) is 72.9 Å². The Balaban J connectivity index is 4.24. The lowest BCUT2D eigenvalue weighted by Crippen LogP contribution is -2.47. The third-order valence-corrected chi connectivity index (χ3v) is 9.17. The van der Waals surface area contributed by atoms with Crippen LogP contribution in [0, 0.1) is 0 Å². The Labute approximate surface area is 340 Å². The number of amides is 2. The normalized spacial score (nSPS) is 13.2. The van der Waals surface area contributed by atoms with E-state index in [9.17, 15) is 19.2 Å². The summed E-state index contributed by atoms with van der Waals surface area (Å²) < 4.78 is 5.89. The fourth-order valence-electron chi connectivity index (χ4n) is 5.83. The average Bonchev–Trinajstić information content (AvgIpc) is 3.18. The van der Waals surface area contributed by atoms with Crippen LogP contribution in [-0.4, -0.2) is 59.3 Å². The Morgan fingerprint density at radius 2 is 1.07 bits per heavy atom. The van der Waals surface area contributed by atoms with Gasteiger partial charge in [0.15, 0.2) is 0 Å². The third kappa shape index (κ3) is 37.2. The van der Waals surface area contributed by atoms with Crippen molar-refractivity contribution in [1.29, 1.82) is 0 Å². The summed E-state index contributed by atoms with van der Waals surface area (Å²) in [5.41, 5.74) is 0. The summed E-state index contributed by atoms with van der Waals surface area (Å²) >= 11 is 0. The fourth-order valence-corrected chi connectivity index (χ4v) is 5.83. The fraction of sp³-hybridized carbons (Fsp3) is 0.660. The SMILES string of the molecule is CC/C=C\C/C=C\C/C=C\C/C=C\CCCCCCCCCCC(=O)OC(/C=C\C/C=C\CCCCC)CCCCCCC(=O)NCC(=O)NC(CO)C(=O)O. The Morgan fingerprint density at radius 3 is 1.64 bits per heavy atom. The molecule has 0 aromatic carbocycles. The molecule has 318 valence electrons. The van der Waals surface area contributed by atoms with Crippen molar-refractivity contribution in [3.8, 4) is 0 Å². The van der Waals surface area contributed by atoms with Gasteiger partial charge < -0.3 is 25.6 Å². The molecule has 0 aliphatic carbocycles. The van der Waals surface area contributed by atoms with E-state index in [1.807, 2.05) is 6.08 Å². The molecule has 0 saturated carbocycles. The first kappa shape index (κ1) is 52.3. The van der Waals surface area contributed by atoms with Crippen LogP contribution < -0.4 is 10.6 Å². The topological polar surface area (TPSA) is 142 Å². The molecule has 0 aromatic heterocycles. The summed E-state index contributed by atoms with van der Waals surface area (Å²) in [6, 6.07) is -1.40. The first-order valence-corrected chi connectivity index (χ1v) is 21.8. The molecule has 0 bridgehead atoms. The number of carboxylic acids is 1. The van der Waals surface area contributed by atoms with E-state index < -0.39 is 24.5 Å². The van der Waals surface area contributed by atoms with Gasteiger partial charge in [-0.25, -0.2) is 4.79 Å². The Kier molecular flexibility index (Phi) is 38.2. The van der Waals surface area contributed by atoms with Gasteiger partial charge in [0.2, 0.25) is 11.8 Å². The highest BCUT2D eigenvalue weighted by Gasteiger charge is 2.18. The zero-order valence-electron chi connectivity index (χ0n) is 35.1. The van der Waals surface area contributed by atoms with Gasteiger partial charge in [0.1, 0.15) is 12.1 Å². The molecule has 4 N–H and O–H groups in total. The monoisotopic (exact) mass is 783 g/mol. The maximum absolute atomic E-state index is 12.7. The van der Waals surface area contributed by atoms with Crippen LogP contribution in [0.25, 0.3) is 0 Å². The van der Waals surface area contributed by atoms with E-state index in [0.717, 1.165) is 89.9 Å². The minimum absolute atomic E-state index is 0.139. The van der Waals surface area contributed by atoms with Gasteiger partial charge in [-0.3, -0.25) is 14.4 Å². The van der Waals surface area contributed by atoms with E-state index in [2.05, 4.69) is 91.3 Å². The lowest BCUT2D eigenvalue weighted by Gasteiger charge is -2.15. The number of esters is 1. The molecule has 0 aromatic rings. The molecule has 2 unspecified atom stereocenters. The van der Waals surface area contributed by atoms with Gasteiger partial charge in [0.25, 0.3) is 0 Å². The van der Waals surface area contributed by atoms with E-state index in [1.165, 1.54) is 51.4 Å². The van der Waals surface area contributed by atoms with E-state index in [1.54, 1.807) is 0 Å². The predicted octanol–water partition coefficient (Wildman–Crippen LogP) is 10.7. The van der Waals surface area contributed by atoms with Gasteiger partial charge in [-0.2, -0.15) is 0 Å². The van der Waals surface area contributed by atoms with E-state index in [4.69, 9.17) is 14.9 Å². The van der Waals surface area contributed by atoms with Crippen molar-refractivity contribution >= 4 is 23.8 Å². The molecule has 9 nitrogen and oxygen atoms in total. The number of aliphatic carboxylic acids is 1. The van der Waals surface area contributed by atoms with Crippen LogP contribution in [-0.2, 0) is 23.9 Å². The number of nitrogens with one attached hydrogen (secondary N) is 2. The van der Waals surface area contributed by atoms with Crippen LogP contribution in [0.5, 0.6) is 0 Å². The van der Waals surface area contributed by atoms with Crippen molar-refractivity contribution in [3.05, 3.63) is 72.9 Å². The molecule has 0 fully saturated rings. The number of ether oxygens (including phenoxy) is 1. The number of carbonyl (C=O) groups is 4. The first-order chi connectivity index (χ1) is 27.3. The molecule has 0 radical (unpaired) electrons. The predicted molar refractivity (Wildman–Crippen MR) is 231 cm³/mol. The van der Waals surface area contributed by atoms with E-state index in [0.29, 0.717) is 12.8 Å². The molecule has 0 spiro atoms. The molecule has 56 heavy (non-hydrogen) atoms. The summed E-state index contributed by atoms with van der Waals surface area (Å²) in [5.74, 6) is -2.44. The van der Waals surface area contributed by atoms with Crippen molar-refractivity contribution in [3.63, 3.8) is 0 Å². The number of allylic oxidation sites excluding steroid dienone is 11. The second kappa shape index (κ2) is 40.9. The molecular formula is C47H78N2O7. The number of hydrogen-bond donors (Lipinski definition) is 4. The van der Waals surface area contributed by atoms with Gasteiger partial charge in [-0.1, -0.05) is 145 Å². The molecule has 9 heteroatoms. The second-order valence-electron chi connectivity index (χ2n) is 14.4. The van der Waals surface area contributed by atoms with Gasteiger partial charge >= 0.3 is 11.9 Å². The number of carboxylic acid groups (broad SMARTS) is 1. The minimum Gasteiger partial charge on any atom is -0.480 e. The largest absolute Gasteiger partial charge is 0.480 e. The first-order valence-electron chi connectivity index (χ1n) is 21.8. The summed E-state index contributed by atoms with van der Waals surface area (Å²) in [6.07, 6.45) is 50.9. The Hall–Kier alpha value is -3.72. The molecule has 0 saturated heterocycles. The zero-order valence-corrected chi connectivity index (χ0v) is 35.1. The number of unbranched alkanes of at least 4 members (excludes halogenated alkanes) is 14. The minimum atomic E-state index is -1.40. The molecule has 2 atom stereocenters. The Morgan fingerprint density at radius 1 is 0.571 bits per heavy atom. The number of rotatable bonds is 38. The highest BCUT2D eigenvalue weighted by molar-refractivity contribution is 5.87. The summed E-state index contributed by atoms with van der Waals surface area (Å²) in [7, 11) is 0. The van der Waals surface area contributed by atoms with E-state index >= 15 is 0 Å². The quantitative estimate of drug-likeness (QED) is 0.0277. The number of hydrogen-bond acceptors (Lipinski definition) is 6. The summed E-state index contributed by atoms with van der Waals surface area (Å²) in [6.45, 7) is 3.29. The standard InChI is InChI=1S/C47H78N2O7/c1-3-5-7-9-11-13-14-15-16-17-18-19-20-21-22-23-24-25-27-29-35-39-46(53)56-42(36-32-28-26-12-10-8-6-4-2)37-33-30-31-34-38-44(51)48-40-45(52)49-43(41-50)47(54)55/h5,7,11-13,15-16,18-19,26,32,36,42-43,50H,3-4,6,8-10,14,17,20-25,27-31,33-35,37-41H2,1-2H3,(H,48,51)(H,49,52)(H,54,55)/b7-5-,13-11-,16-15-,19-18-,26-12-,36-32-. The van der Waals surface area contributed by atoms with Gasteiger partial charge in [-0.15, -0.1) is 0 Å². The zero-order chi connectivity index (χ0) is 41.2. The van der Waals surface area contributed by atoms with Crippen LogP contribution in [0.3, 0.4) is 0 Å². The maximum atomic E-state index is 12.7. The maximum Gasteiger partial charge on any atom is 0.328 e. The third-order valence-electron chi connectivity index (χ3n) is 9.17. The molecule has 0 rings (SSSR count). The Bertz CT molecular complexity index is 1170. The van der Waals surface area contributed by atoms with Crippen LogP contribution in [0.4, 0.5) is 0 Å². The van der Waals surface area contributed by atoms with E-state index in [-0.39, 0.29) is 30.9 Å². The van der Waals surface area contributed by atoms with Gasteiger partial charge in [-0.05, 0) is 89.5 Å². The summed E-state index contributed by atoms with van der Waals surface area (Å²) in [4.78, 5) is 47.5. The molecule has 0 aliphatic rings. The molecule has 0 aliphatic heterocycles. The lowest BCUT2D eigenvalue weighted by atomic mass is 10.1. The number of aliphatic hydroxyl groups excluding tert-OH is 1. The van der Waals surface area contributed by atoms with Crippen LogP contribution >= 0.6 is 0 Å². The summed E-state index contributed by atoms with van der Waals surface area (Å²) in [5, 5.41) is 22.5. The van der Waals surface area contributed by atoms with Crippen molar-refractivity contribution in [2.75, 3.05) is 13.2 Å².